The van der Waals surface area contributed by atoms with E-state index in [0.717, 1.165) is 63.9 Å². The minimum Gasteiger partial charge on any atom is -1.00 e. The predicted molar refractivity (Wildman–Crippen MR) is 473 cm³/mol. The van der Waals surface area contributed by atoms with E-state index >= 15 is 0 Å². The van der Waals surface area contributed by atoms with Crippen LogP contribution in [0, 0.1) is 56.2 Å². The van der Waals surface area contributed by atoms with Crippen molar-refractivity contribution in [2.24, 2.45) is 44.3 Å². The van der Waals surface area contributed by atoms with Gasteiger partial charge in [-0.25, -0.2) is 0 Å². The highest BCUT2D eigenvalue weighted by Gasteiger charge is 2.59. The van der Waals surface area contributed by atoms with Crippen LogP contribution in [0.3, 0.4) is 0 Å². The van der Waals surface area contributed by atoms with Crippen molar-refractivity contribution in [3.8, 4) is 11.8 Å². The molecule has 2 heterocycles. The largest absolute Gasteiger partial charge is 1.00 e. The first-order valence-electron chi connectivity index (χ1n) is 41.9. The third-order valence-corrected chi connectivity index (χ3v) is 28.6. The van der Waals surface area contributed by atoms with Crippen LogP contribution in [0.2, 0.25) is 0 Å². The Morgan fingerprint density at radius 3 is 1.23 bits per heavy atom. The molecule has 8 N–H and O–H groups in total. The maximum Gasteiger partial charge on any atom is 0.170 e. The summed E-state index contributed by atoms with van der Waals surface area (Å²) in [5.74, 6) is 4.93. The number of Topliss-reactive ketones (excluding diaryl/α,β-unsaturated/α-hetero) is 1. The zero-order valence-electron chi connectivity index (χ0n) is 74.6. The highest BCUT2D eigenvalue weighted by Crippen LogP contribution is 2.57. The van der Waals surface area contributed by atoms with Crippen molar-refractivity contribution in [1.82, 2.24) is 0 Å². The molecule has 0 aromatic heterocycles. The van der Waals surface area contributed by atoms with E-state index in [-0.39, 0.29) is 86.1 Å². The lowest BCUT2D eigenvalue weighted by molar-refractivity contribution is -0.248. The number of hydrogen-bond donors (Lipinski definition) is 8. The van der Waals surface area contributed by atoms with Crippen molar-refractivity contribution < 1.29 is 86.4 Å². The monoisotopic (exact) mass is 1680 g/mol. The van der Waals surface area contributed by atoms with Gasteiger partial charge in [-0.2, -0.15) is 0 Å². The first-order chi connectivity index (χ1) is 53.3. The minimum absolute atomic E-state index is 0. The van der Waals surface area contributed by atoms with Crippen LogP contribution in [0.1, 0.15) is 236 Å². The van der Waals surface area contributed by atoms with Crippen LogP contribution >= 0.6 is 7.26 Å². The van der Waals surface area contributed by atoms with Crippen molar-refractivity contribution in [1.29, 1.82) is 0 Å². The molecular weight excluding hydrogens is 1540 g/mol. The van der Waals surface area contributed by atoms with E-state index < -0.39 is 47.7 Å². The number of ether oxygens (including phenoxy) is 4. The molecule has 8 aliphatic rings. The van der Waals surface area contributed by atoms with Crippen molar-refractivity contribution in [2.45, 2.75) is 296 Å². The fourth-order valence-corrected chi connectivity index (χ4v) is 23.1. The average Bonchev–Trinajstić information content (AvgIpc) is 1.38. The topological polar surface area (TPSA) is 233 Å². The number of carbonyl (C=O) groups is 2. The summed E-state index contributed by atoms with van der Waals surface area (Å²) < 4.78 is 22.9. The van der Waals surface area contributed by atoms with Crippen LogP contribution in [-0.2, 0) is 28.5 Å². The number of aliphatic hydroxyl groups is 8. The molecule has 16 heteroatoms. The van der Waals surface area contributed by atoms with Gasteiger partial charge in [0.1, 0.15) is 40.7 Å². The molecule has 116 heavy (non-hydrogen) atoms. The van der Waals surface area contributed by atoms with Crippen molar-refractivity contribution in [3.63, 3.8) is 0 Å². The molecule has 2 spiro atoms. The van der Waals surface area contributed by atoms with Gasteiger partial charge >= 0.3 is 0 Å². The highest BCUT2D eigenvalue weighted by atomic mass is 79.9. The van der Waals surface area contributed by atoms with Gasteiger partial charge in [0.15, 0.2) is 17.4 Å². The highest BCUT2D eigenvalue weighted by molar-refractivity contribution is 7.95. The standard InChI is InChI=1S/C33H38OP.C15H24O4.C15H24O2.C13H22O2.C13H20O2.C11H18O3.BrH/c1-26(20-21-32-27(2)24-28(34)25-33(32,3)4)22-23-35(29-14-8-5-9-15-29,30-16-10-6-11-17-30)31-18-12-7-13-19-31;1-11-9-14(18-7-8-19-14)10-13(3,4)15(11,17)6-5-12(2)16;1-6-15(5,17)8-7-13-11(2)9-12(16)10-14(13,3)4;2*1-9-7-11(15)8-13(3,4)12(9)6-5-10(2)14;1-8-6-11(13-4-5-14-11)7-10(2,3)9(8)12;/h5-22,28,34H,23-25H2,1-4H3;11-12,16-17H,7-10H2,1-4H3;6-8,12,16-17H,1,9-10H2,2-5H3;5-6,10-11,14-15H,7-8H2,1-4H3;5-6,11,15H,7-8H2,1-4H3;8H,4-7H2,1-3H3;1H/q+1;;;;;;/p-1/b21-20+,26-22+;;8-7+;2*6-5+;;. The van der Waals surface area contributed by atoms with E-state index in [0.29, 0.717) is 51.5 Å². The first-order valence-corrected chi connectivity index (χ1v) is 43.9. The van der Waals surface area contributed by atoms with Crippen LogP contribution in [0.25, 0.3) is 0 Å². The molecule has 2 saturated carbocycles. The second kappa shape index (κ2) is 42.3. The second-order valence-electron chi connectivity index (χ2n) is 38.3. The zero-order chi connectivity index (χ0) is 86.1. The summed E-state index contributed by atoms with van der Waals surface area (Å²) in [5.41, 5.74) is 8.29. The summed E-state index contributed by atoms with van der Waals surface area (Å²) in [6.45, 7) is 52.4. The molecule has 2 aliphatic heterocycles. The van der Waals surface area contributed by atoms with Gasteiger partial charge in [-0.3, -0.25) is 9.59 Å². The Labute approximate surface area is 709 Å². The number of aliphatic hydroxyl groups excluding tert-OH is 6. The average molecular weight is 1680 g/mol. The number of carbonyl (C=O) groups excluding carboxylic acids is 2. The van der Waals surface area contributed by atoms with Crippen LogP contribution in [0.5, 0.6) is 0 Å². The quantitative estimate of drug-likeness (QED) is 0.0247. The lowest BCUT2D eigenvalue weighted by Crippen LogP contribution is -3.00. The van der Waals surface area contributed by atoms with E-state index in [1.165, 1.54) is 72.1 Å². The van der Waals surface area contributed by atoms with Gasteiger partial charge in [0.2, 0.25) is 0 Å². The second-order valence-corrected chi connectivity index (χ2v) is 41.8. The van der Waals surface area contributed by atoms with Crippen LogP contribution < -0.4 is 32.9 Å². The van der Waals surface area contributed by atoms with E-state index in [1.807, 2.05) is 73.6 Å². The first kappa shape index (κ1) is 101. The van der Waals surface area contributed by atoms with Crippen LogP contribution in [-0.4, -0.2) is 144 Å². The number of hydrogen-bond acceptors (Lipinski definition) is 14. The Balaban J connectivity index is 0.000000258. The number of benzene rings is 3. The van der Waals surface area contributed by atoms with E-state index in [9.17, 15) is 50.4 Å². The zero-order valence-corrected chi connectivity index (χ0v) is 77.1. The lowest BCUT2D eigenvalue weighted by atomic mass is 9.59. The van der Waals surface area contributed by atoms with Crippen LogP contribution in [0.15, 0.2) is 208 Å². The summed E-state index contributed by atoms with van der Waals surface area (Å²) in [7, 11) is -1.86. The summed E-state index contributed by atoms with van der Waals surface area (Å²) in [6, 6.07) is 33.1. The SMILES string of the molecule is C=CC(C)(O)/C=C/C1=C(C)CC(O)CC1(C)C.CC(=O)/C=C/C1=C(C)CC(O)CC1(C)C.CC(O)C#CC1(O)C(C)CC2(CC1(C)C)OCCO2.CC1=C(/C=C/C(C)=C/C[P+](c2ccccc2)(c2ccccc2)c2ccccc2)C(C)(C)CC(O)C1.CC1=C(/C=C/C(C)O)C(C)(C)CC(O)C1.CC1CC2(CC(C)(C)C1=O)OCCO2.[Br-]. The Morgan fingerprint density at radius 2 is 0.905 bits per heavy atom. The molecular formula is C100H146BrO14P. The van der Waals surface area contributed by atoms with Gasteiger partial charge in [-0.1, -0.05) is 240 Å². The van der Waals surface area contributed by atoms with Crippen LogP contribution in [0.4, 0.5) is 0 Å². The van der Waals surface area contributed by atoms with Gasteiger partial charge < -0.3 is 76.8 Å². The Kier molecular flexibility index (Phi) is 36.8. The van der Waals surface area contributed by atoms with E-state index in [4.69, 9.17) is 18.9 Å². The van der Waals surface area contributed by atoms with Crippen molar-refractivity contribution >= 4 is 34.7 Å². The maximum atomic E-state index is 11.9. The number of allylic oxidation sites excluding steroid dienone is 12. The van der Waals surface area contributed by atoms with Gasteiger partial charge in [-0.15, -0.1) is 0 Å². The molecule has 0 radical (unpaired) electrons. The summed E-state index contributed by atoms with van der Waals surface area (Å²) in [5, 5.41) is 83.0. The summed E-state index contributed by atoms with van der Waals surface area (Å²) >= 11 is 0. The van der Waals surface area contributed by atoms with Gasteiger partial charge in [0.25, 0.3) is 0 Å². The Bertz CT molecular complexity index is 4000. The maximum absolute atomic E-state index is 11.9. The van der Waals surface area contributed by atoms with Crippen molar-refractivity contribution in [3.05, 3.63) is 208 Å². The normalized spacial score (nSPS) is 27.3. The minimum atomic E-state index is -1.86. The van der Waals surface area contributed by atoms with Gasteiger partial charge in [0, 0.05) is 48.3 Å². The molecule has 11 rings (SSSR count). The van der Waals surface area contributed by atoms with E-state index in [2.05, 4.69) is 204 Å². The van der Waals surface area contributed by atoms with Crippen molar-refractivity contribution in [2.75, 3.05) is 32.6 Å². The molecule has 10 unspecified atom stereocenters. The Morgan fingerprint density at radius 1 is 0.552 bits per heavy atom. The third-order valence-electron chi connectivity index (χ3n) is 24.3. The smallest absolute Gasteiger partial charge is 0.170 e. The molecule has 10 atom stereocenters. The molecule has 0 bridgehead atoms. The molecule has 14 nitrogen and oxygen atoms in total. The number of rotatable bonds is 14. The third kappa shape index (κ3) is 27.5. The fraction of sp³-hybridized carbons (Fsp3) is 0.580. The molecule has 6 aliphatic carbocycles. The molecule has 0 amide bonds. The lowest BCUT2D eigenvalue weighted by Gasteiger charge is -2.52. The molecule has 642 valence electrons. The molecule has 2 saturated heterocycles. The number of halogens is 1. The summed E-state index contributed by atoms with van der Waals surface area (Å²) in [4.78, 5) is 22.8. The van der Waals surface area contributed by atoms with Gasteiger partial charge in [0.05, 0.1) is 68.7 Å². The predicted octanol–water partition coefficient (Wildman–Crippen LogP) is 15.1. The molecule has 4 fully saturated rings. The van der Waals surface area contributed by atoms with E-state index in [1.54, 1.807) is 45.9 Å². The fourth-order valence-electron chi connectivity index (χ4n) is 19.0. The molecule has 3 aromatic carbocycles. The molecule has 3 aromatic rings. The number of ketones is 2. The summed E-state index contributed by atoms with van der Waals surface area (Å²) in [6.07, 6.45) is 27.2. The van der Waals surface area contributed by atoms with Gasteiger partial charge in [-0.05, 0) is 212 Å². The Hall–Kier alpha value is -5.61.